The van der Waals surface area contributed by atoms with E-state index in [1.54, 1.807) is 19.2 Å². The van der Waals surface area contributed by atoms with Crippen LogP contribution < -0.4 is 15.9 Å². The van der Waals surface area contributed by atoms with Gasteiger partial charge in [-0.1, -0.05) is 11.6 Å². The fourth-order valence-electron chi connectivity index (χ4n) is 1.52. The molecule has 0 unspecified atom stereocenters. The maximum Gasteiger partial charge on any atom is 0.332 e. The van der Waals surface area contributed by atoms with Crippen molar-refractivity contribution in [2.75, 3.05) is 7.11 Å². The highest BCUT2D eigenvalue weighted by Crippen LogP contribution is 2.23. The van der Waals surface area contributed by atoms with Crippen molar-refractivity contribution in [2.24, 2.45) is 10.8 Å². The first-order valence-electron chi connectivity index (χ1n) is 5.33. The Balaban J connectivity index is 2.39. The van der Waals surface area contributed by atoms with E-state index in [-0.39, 0.29) is 5.15 Å². The zero-order chi connectivity index (χ0) is 13.8. The molecule has 0 fully saturated rings. The highest BCUT2D eigenvalue weighted by molar-refractivity contribution is 6.32. The van der Waals surface area contributed by atoms with E-state index < -0.39 is 6.03 Å². The minimum Gasteiger partial charge on any atom is -0.497 e. The van der Waals surface area contributed by atoms with E-state index in [0.29, 0.717) is 16.8 Å². The van der Waals surface area contributed by atoms with Crippen LogP contribution in [0.5, 0.6) is 5.75 Å². The van der Waals surface area contributed by atoms with Gasteiger partial charge in [0.1, 0.15) is 10.9 Å². The number of urea groups is 1. The second kappa shape index (κ2) is 5.53. The number of primary amides is 1. The normalized spacial score (nSPS) is 10.8. The van der Waals surface area contributed by atoms with Crippen molar-refractivity contribution in [3.05, 3.63) is 35.0 Å². The SMILES string of the molecule is COc1ccc2cc(/C=N/NC(N)=O)c(Cl)nc2c1. The molecule has 0 aliphatic rings. The average molecular weight is 279 g/mol. The molecule has 0 spiro atoms. The number of rotatable bonds is 3. The van der Waals surface area contributed by atoms with E-state index in [9.17, 15) is 4.79 Å². The molecular weight excluding hydrogens is 268 g/mol. The number of halogens is 1. The van der Waals surface area contributed by atoms with Gasteiger partial charge in [0.25, 0.3) is 0 Å². The number of methoxy groups -OCH3 is 1. The van der Waals surface area contributed by atoms with Crippen LogP contribution in [0.15, 0.2) is 29.4 Å². The van der Waals surface area contributed by atoms with Gasteiger partial charge in [0, 0.05) is 17.0 Å². The van der Waals surface area contributed by atoms with E-state index in [2.05, 4.69) is 15.5 Å². The summed E-state index contributed by atoms with van der Waals surface area (Å²) in [6.45, 7) is 0. The topological polar surface area (TPSA) is 89.6 Å². The van der Waals surface area contributed by atoms with E-state index in [1.807, 2.05) is 12.1 Å². The van der Waals surface area contributed by atoms with Crippen molar-refractivity contribution in [1.29, 1.82) is 0 Å². The number of carbonyl (C=O) groups is 1. The summed E-state index contributed by atoms with van der Waals surface area (Å²) in [7, 11) is 1.58. The Labute approximate surface area is 114 Å². The Morgan fingerprint density at radius 1 is 1.53 bits per heavy atom. The number of hydrogen-bond acceptors (Lipinski definition) is 4. The maximum absolute atomic E-state index is 10.5. The van der Waals surface area contributed by atoms with Crippen molar-refractivity contribution in [3.8, 4) is 5.75 Å². The molecule has 1 aromatic carbocycles. The molecule has 1 heterocycles. The van der Waals surface area contributed by atoms with Crippen LogP contribution >= 0.6 is 11.6 Å². The molecule has 0 aliphatic carbocycles. The molecule has 6 nitrogen and oxygen atoms in total. The molecule has 0 saturated carbocycles. The summed E-state index contributed by atoms with van der Waals surface area (Å²) in [4.78, 5) is 14.7. The second-order valence-corrected chi connectivity index (χ2v) is 4.02. The summed E-state index contributed by atoms with van der Waals surface area (Å²) in [5, 5.41) is 4.80. The van der Waals surface area contributed by atoms with E-state index in [0.717, 1.165) is 5.39 Å². The smallest absolute Gasteiger partial charge is 0.332 e. The summed E-state index contributed by atoms with van der Waals surface area (Å²) >= 11 is 6.03. The van der Waals surface area contributed by atoms with E-state index in [1.165, 1.54) is 6.21 Å². The van der Waals surface area contributed by atoms with Gasteiger partial charge in [0.05, 0.1) is 18.8 Å². The number of pyridine rings is 1. The van der Waals surface area contributed by atoms with Crippen LogP contribution in [0.2, 0.25) is 5.15 Å². The molecule has 19 heavy (non-hydrogen) atoms. The van der Waals surface area contributed by atoms with Crippen LogP contribution in [0.1, 0.15) is 5.56 Å². The summed E-state index contributed by atoms with van der Waals surface area (Å²) in [6.07, 6.45) is 1.38. The van der Waals surface area contributed by atoms with Gasteiger partial charge < -0.3 is 10.5 Å². The predicted octanol–water partition coefficient (Wildman–Crippen LogP) is 1.90. The Morgan fingerprint density at radius 2 is 2.32 bits per heavy atom. The number of hydrazone groups is 1. The van der Waals surface area contributed by atoms with Crippen LogP contribution in [0.25, 0.3) is 10.9 Å². The number of fused-ring (bicyclic) bond motifs is 1. The Bertz CT molecular complexity index is 657. The third-order valence-corrected chi connectivity index (χ3v) is 2.69. The Hall–Kier alpha value is -2.34. The number of nitrogens with two attached hydrogens (primary N) is 1. The lowest BCUT2D eigenvalue weighted by Gasteiger charge is -2.04. The molecule has 0 radical (unpaired) electrons. The highest BCUT2D eigenvalue weighted by atomic mass is 35.5. The molecular formula is C12H11ClN4O2. The van der Waals surface area contributed by atoms with Gasteiger partial charge in [-0.05, 0) is 18.2 Å². The number of benzene rings is 1. The first-order chi connectivity index (χ1) is 9.10. The van der Waals surface area contributed by atoms with Crippen LogP contribution in [-0.2, 0) is 0 Å². The molecule has 98 valence electrons. The first kappa shape index (κ1) is 13.1. The van der Waals surface area contributed by atoms with Crippen molar-refractivity contribution < 1.29 is 9.53 Å². The van der Waals surface area contributed by atoms with Crippen LogP contribution in [0.3, 0.4) is 0 Å². The average Bonchev–Trinajstić information content (AvgIpc) is 2.38. The minimum absolute atomic E-state index is 0.274. The van der Waals surface area contributed by atoms with Gasteiger partial charge in [-0.25, -0.2) is 15.2 Å². The fraction of sp³-hybridized carbons (Fsp3) is 0.0833. The standard InChI is InChI=1S/C12H11ClN4O2/c1-19-9-3-2-7-4-8(6-15-17-12(14)18)11(13)16-10(7)5-9/h2-6H,1H3,(H3,14,17,18)/b15-6+. The largest absolute Gasteiger partial charge is 0.497 e. The summed E-state index contributed by atoms with van der Waals surface area (Å²) in [6, 6.07) is 6.52. The molecule has 0 bridgehead atoms. The second-order valence-electron chi connectivity index (χ2n) is 3.66. The summed E-state index contributed by atoms with van der Waals surface area (Å²) in [5.41, 5.74) is 8.27. The molecule has 0 aliphatic heterocycles. The molecule has 7 heteroatoms. The van der Waals surface area contributed by atoms with Crippen LogP contribution in [0, 0.1) is 0 Å². The quantitative estimate of drug-likeness (QED) is 0.510. The van der Waals surface area contributed by atoms with Crippen molar-refractivity contribution in [2.45, 2.75) is 0 Å². The molecule has 1 aromatic heterocycles. The van der Waals surface area contributed by atoms with Gasteiger partial charge in [0.15, 0.2) is 0 Å². The summed E-state index contributed by atoms with van der Waals surface area (Å²) in [5.74, 6) is 0.702. The van der Waals surface area contributed by atoms with Crippen LogP contribution in [-0.4, -0.2) is 24.3 Å². The molecule has 3 N–H and O–H groups in total. The monoisotopic (exact) mass is 278 g/mol. The molecule has 2 aromatic rings. The third-order valence-electron chi connectivity index (χ3n) is 2.38. The lowest BCUT2D eigenvalue weighted by Crippen LogP contribution is -2.24. The highest BCUT2D eigenvalue weighted by Gasteiger charge is 2.04. The first-order valence-corrected chi connectivity index (χ1v) is 5.71. The zero-order valence-corrected chi connectivity index (χ0v) is 10.8. The predicted molar refractivity (Wildman–Crippen MR) is 73.6 cm³/mol. The van der Waals surface area contributed by atoms with Gasteiger partial charge in [0.2, 0.25) is 0 Å². The zero-order valence-electron chi connectivity index (χ0n) is 10.1. The van der Waals surface area contributed by atoms with Gasteiger partial charge in [-0.2, -0.15) is 5.10 Å². The minimum atomic E-state index is -0.745. The van der Waals surface area contributed by atoms with E-state index in [4.69, 9.17) is 22.1 Å². The van der Waals surface area contributed by atoms with Gasteiger partial charge in [-0.15, -0.1) is 0 Å². The lowest BCUT2D eigenvalue weighted by atomic mass is 10.1. The molecule has 0 saturated heterocycles. The number of aromatic nitrogens is 1. The molecule has 2 amide bonds. The molecule has 0 atom stereocenters. The van der Waals surface area contributed by atoms with E-state index >= 15 is 0 Å². The van der Waals surface area contributed by atoms with Crippen molar-refractivity contribution in [3.63, 3.8) is 0 Å². The third kappa shape index (κ3) is 3.11. The number of nitrogens with zero attached hydrogens (tertiary/aromatic N) is 2. The Morgan fingerprint density at radius 3 is 3.00 bits per heavy atom. The number of ether oxygens (including phenoxy) is 1. The summed E-state index contributed by atoms with van der Waals surface area (Å²) < 4.78 is 5.11. The molecule has 2 rings (SSSR count). The number of amides is 2. The number of carbonyl (C=O) groups excluding carboxylic acids is 1. The van der Waals surface area contributed by atoms with Gasteiger partial charge >= 0.3 is 6.03 Å². The Kier molecular flexibility index (Phi) is 3.82. The number of nitrogens with one attached hydrogen (secondary N) is 1. The van der Waals surface area contributed by atoms with Crippen molar-refractivity contribution in [1.82, 2.24) is 10.4 Å². The lowest BCUT2D eigenvalue weighted by molar-refractivity contribution is 0.249. The fourth-order valence-corrected chi connectivity index (χ4v) is 1.72. The van der Waals surface area contributed by atoms with Gasteiger partial charge in [-0.3, -0.25) is 0 Å². The maximum atomic E-state index is 10.5. The number of hydrogen-bond donors (Lipinski definition) is 2. The van der Waals surface area contributed by atoms with Crippen LogP contribution in [0.4, 0.5) is 4.79 Å². The van der Waals surface area contributed by atoms with Crippen molar-refractivity contribution >= 4 is 34.7 Å².